The lowest BCUT2D eigenvalue weighted by atomic mass is 10.0. The maximum absolute atomic E-state index is 4.36. The highest BCUT2D eigenvalue weighted by atomic mass is 14.7. The summed E-state index contributed by atoms with van der Waals surface area (Å²) in [6, 6.07) is 6.09. The topological polar surface area (TPSA) is 12.9 Å². The Morgan fingerprint density at radius 1 is 1.36 bits per heavy atom. The van der Waals surface area contributed by atoms with Crippen molar-refractivity contribution in [2.75, 3.05) is 0 Å². The molecule has 0 unspecified atom stereocenters. The number of rotatable bonds is 5. The molecular formula is C13H19N. The Labute approximate surface area is 86.9 Å². The molecule has 0 saturated heterocycles. The fourth-order valence-electron chi connectivity index (χ4n) is 1.54. The summed E-state index contributed by atoms with van der Waals surface area (Å²) < 4.78 is 0. The van der Waals surface area contributed by atoms with Gasteiger partial charge in [0.15, 0.2) is 0 Å². The molecule has 1 nitrogen and oxygen atoms in total. The van der Waals surface area contributed by atoms with Crippen molar-refractivity contribution in [1.82, 2.24) is 4.98 Å². The van der Waals surface area contributed by atoms with Crippen LogP contribution in [0.15, 0.2) is 30.5 Å². The Kier molecular flexibility index (Phi) is 4.98. The molecule has 0 aliphatic carbocycles. The molecular weight excluding hydrogens is 170 g/mol. The van der Waals surface area contributed by atoms with Crippen molar-refractivity contribution in [2.45, 2.75) is 39.5 Å². The van der Waals surface area contributed by atoms with Gasteiger partial charge in [0.1, 0.15) is 0 Å². The van der Waals surface area contributed by atoms with Crippen LogP contribution in [0.5, 0.6) is 0 Å². The molecule has 0 bridgehead atoms. The fourth-order valence-corrected chi connectivity index (χ4v) is 1.54. The average Bonchev–Trinajstić information content (AvgIpc) is 2.26. The smallest absolute Gasteiger partial charge is 0.0658 e. The first-order chi connectivity index (χ1) is 6.88. The summed E-state index contributed by atoms with van der Waals surface area (Å²) in [6.45, 7) is 4.33. The minimum Gasteiger partial charge on any atom is -0.257 e. The van der Waals surface area contributed by atoms with E-state index in [0.717, 1.165) is 12.1 Å². The Morgan fingerprint density at radius 2 is 2.21 bits per heavy atom. The van der Waals surface area contributed by atoms with Gasteiger partial charge in [-0.2, -0.15) is 0 Å². The van der Waals surface area contributed by atoms with Crippen LogP contribution in [0.1, 0.15) is 45.2 Å². The van der Waals surface area contributed by atoms with Crippen LogP contribution in [0.4, 0.5) is 0 Å². The van der Waals surface area contributed by atoms with Crippen LogP contribution in [0.3, 0.4) is 0 Å². The molecule has 0 fully saturated rings. The maximum Gasteiger partial charge on any atom is 0.0658 e. The standard InChI is InChI=1S/C13H19N/c1-3-5-6-9-12(4-2)13-10-7-8-11-14-13/h4,7-8,10-11H,3,5-6,9H2,1-2H3. The molecule has 1 heteroatoms. The third kappa shape index (κ3) is 3.33. The number of hydrogen-bond acceptors (Lipinski definition) is 1. The highest BCUT2D eigenvalue weighted by Crippen LogP contribution is 2.18. The van der Waals surface area contributed by atoms with Gasteiger partial charge < -0.3 is 0 Å². The zero-order valence-electron chi connectivity index (χ0n) is 9.16. The Bertz CT molecular complexity index is 275. The Morgan fingerprint density at radius 3 is 2.79 bits per heavy atom. The molecule has 1 rings (SSSR count). The van der Waals surface area contributed by atoms with Crippen LogP contribution < -0.4 is 0 Å². The predicted molar refractivity (Wildman–Crippen MR) is 62.0 cm³/mol. The zero-order chi connectivity index (χ0) is 10.2. The van der Waals surface area contributed by atoms with Gasteiger partial charge >= 0.3 is 0 Å². The highest BCUT2D eigenvalue weighted by molar-refractivity contribution is 5.61. The van der Waals surface area contributed by atoms with Gasteiger partial charge in [-0.25, -0.2) is 0 Å². The SMILES string of the molecule is CC=C(CCCCC)c1ccccn1. The van der Waals surface area contributed by atoms with Gasteiger partial charge in [-0.15, -0.1) is 0 Å². The summed E-state index contributed by atoms with van der Waals surface area (Å²) >= 11 is 0. The molecule has 0 aliphatic rings. The Balaban J connectivity index is 2.56. The van der Waals surface area contributed by atoms with Crippen molar-refractivity contribution in [3.8, 4) is 0 Å². The quantitative estimate of drug-likeness (QED) is 0.636. The monoisotopic (exact) mass is 189 g/mol. The first kappa shape index (κ1) is 11.0. The lowest BCUT2D eigenvalue weighted by Gasteiger charge is -2.05. The molecule has 0 radical (unpaired) electrons. The van der Waals surface area contributed by atoms with Crippen LogP contribution in [0.25, 0.3) is 5.57 Å². The van der Waals surface area contributed by atoms with Gasteiger partial charge in [-0.05, 0) is 37.5 Å². The van der Waals surface area contributed by atoms with Crippen molar-refractivity contribution in [3.05, 3.63) is 36.2 Å². The van der Waals surface area contributed by atoms with Crippen molar-refractivity contribution < 1.29 is 0 Å². The van der Waals surface area contributed by atoms with Gasteiger partial charge in [-0.1, -0.05) is 31.9 Å². The van der Waals surface area contributed by atoms with Crippen molar-refractivity contribution >= 4 is 5.57 Å². The highest BCUT2D eigenvalue weighted by Gasteiger charge is 2.00. The van der Waals surface area contributed by atoms with Crippen LogP contribution >= 0.6 is 0 Å². The molecule has 0 aliphatic heterocycles. The van der Waals surface area contributed by atoms with Gasteiger partial charge in [0.05, 0.1) is 5.69 Å². The second kappa shape index (κ2) is 6.36. The maximum atomic E-state index is 4.36. The number of nitrogens with zero attached hydrogens (tertiary/aromatic N) is 1. The summed E-state index contributed by atoms with van der Waals surface area (Å²) in [4.78, 5) is 4.36. The zero-order valence-corrected chi connectivity index (χ0v) is 9.16. The first-order valence-corrected chi connectivity index (χ1v) is 5.45. The van der Waals surface area contributed by atoms with E-state index < -0.39 is 0 Å². The van der Waals surface area contributed by atoms with E-state index in [-0.39, 0.29) is 0 Å². The second-order valence-corrected chi connectivity index (χ2v) is 3.49. The summed E-state index contributed by atoms with van der Waals surface area (Å²) in [6.07, 6.45) is 9.05. The second-order valence-electron chi connectivity index (χ2n) is 3.49. The molecule has 0 spiro atoms. The number of allylic oxidation sites excluding steroid dienone is 2. The molecule has 0 saturated carbocycles. The molecule has 0 amide bonds. The predicted octanol–water partition coefficient (Wildman–Crippen LogP) is 4.07. The summed E-state index contributed by atoms with van der Waals surface area (Å²) in [5.74, 6) is 0. The fraction of sp³-hybridized carbons (Fsp3) is 0.462. The summed E-state index contributed by atoms with van der Waals surface area (Å²) in [5.41, 5.74) is 2.50. The van der Waals surface area contributed by atoms with E-state index in [4.69, 9.17) is 0 Å². The van der Waals surface area contributed by atoms with Gasteiger partial charge in [0.2, 0.25) is 0 Å². The minimum absolute atomic E-state index is 1.13. The lowest BCUT2D eigenvalue weighted by Crippen LogP contribution is -1.88. The minimum atomic E-state index is 1.13. The van der Waals surface area contributed by atoms with Crippen molar-refractivity contribution in [2.24, 2.45) is 0 Å². The number of unbranched alkanes of at least 4 members (excludes halogenated alkanes) is 2. The van der Waals surface area contributed by atoms with E-state index in [1.807, 2.05) is 18.3 Å². The molecule has 0 N–H and O–H groups in total. The number of hydrogen-bond donors (Lipinski definition) is 0. The molecule has 1 heterocycles. The van der Waals surface area contributed by atoms with Crippen molar-refractivity contribution in [3.63, 3.8) is 0 Å². The number of pyridine rings is 1. The van der Waals surface area contributed by atoms with E-state index in [1.54, 1.807) is 0 Å². The van der Waals surface area contributed by atoms with Crippen LogP contribution in [-0.2, 0) is 0 Å². The van der Waals surface area contributed by atoms with Crippen LogP contribution in [-0.4, -0.2) is 4.98 Å². The first-order valence-electron chi connectivity index (χ1n) is 5.45. The van der Waals surface area contributed by atoms with Crippen LogP contribution in [0.2, 0.25) is 0 Å². The van der Waals surface area contributed by atoms with E-state index >= 15 is 0 Å². The molecule has 0 aromatic carbocycles. The largest absolute Gasteiger partial charge is 0.257 e. The molecule has 1 aromatic rings. The van der Waals surface area contributed by atoms with Gasteiger partial charge in [0, 0.05) is 6.20 Å². The van der Waals surface area contributed by atoms with Crippen molar-refractivity contribution in [1.29, 1.82) is 0 Å². The molecule has 0 atom stereocenters. The van der Waals surface area contributed by atoms with Gasteiger partial charge in [-0.3, -0.25) is 4.98 Å². The molecule has 76 valence electrons. The molecule has 14 heavy (non-hydrogen) atoms. The summed E-state index contributed by atoms with van der Waals surface area (Å²) in [7, 11) is 0. The summed E-state index contributed by atoms with van der Waals surface area (Å²) in [5, 5.41) is 0. The number of aromatic nitrogens is 1. The lowest BCUT2D eigenvalue weighted by molar-refractivity contribution is 0.734. The van der Waals surface area contributed by atoms with Crippen LogP contribution in [0, 0.1) is 0 Å². The van der Waals surface area contributed by atoms with E-state index in [0.29, 0.717) is 0 Å². The van der Waals surface area contributed by atoms with Gasteiger partial charge in [0.25, 0.3) is 0 Å². The molecule has 1 aromatic heterocycles. The van der Waals surface area contributed by atoms with E-state index in [9.17, 15) is 0 Å². The third-order valence-electron chi connectivity index (χ3n) is 2.39. The van der Waals surface area contributed by atoms with E-state index in [1.165, 1.54) is 24.8 Å². The third-order valence-corrected chi connectivity index (χ3v) is 2.39. The van der Waals surface area contributed by atoms with E-state index in [2.05, 4.69) is 31.0 Å². The Hall–Kier alpha value is -1.11. The average molecular weight is 189 g/mol. The normalized spacial score (nSPS) is 11.7.